The zero-order valence-electron chi connectivity index (χ0n) is 9.80. The lowest BCUT2D eigenvalue weighted by Crippen LogP contribution is -2.27. The first-order valence-corrected chi connectivity index (χ1v) is 7.65. The number of thiazole rings is 2. The zero-order chi connectivity index (χ0) is 13.0. The predicted molar refractivity (Wildman–Crippen MR) is 74.0 cm³/mol. The molecule has 2 rings (SSSR count). The van der Waals surface area contributed by atoms with E-state index in [2.05, 4.69) is 9.97 Å². The van der Waals surface area contributed by atoms with Crippen molar-refractivity contribution in [2.24, 2.45) is 0 Å². The quantitative estimate of drug-likeness (QED) is 0.797. The molecule has 0 aliphatic heterocycles. The van der Waals surface area contributed by atoms with Gasteiger partial charge in [-0.15, -0.1) is 34.3 Å². The van der Waals surface area contributed by atoms with Crippen LogP contribution in [0.15, 0.2) is 16.3 Å². The van der Waals surface area contributed by atoms with E-state index < -0.39 is 0 Å². The van der Waals surface area contributed by atoms with E-state index in [-0.39, 0.29) is 5.91 Å². The van der Waals surface area contributed by atoms with Crippen LogP contribution < -0.4 is 0 Å². The molecule has 0 atom stereocenters. The van der Waals surface area contributed by atoms with Gasteiger partial charge in [-0.1, -0.05) is 0 Å². The Morgan fingerprint density at radius 2 is 2.28 bits per heavy atom. The molecule has 0 N–H and O–H groups in total. The van der Waals surface area contributed by atoms with Gasteiger partial charge >= 0.3 is 0 Å². The van der Waals surface area contributed by atoms with Gasteiger partial charge in [0.2, 0.25) is 5.91 Å². The Bertz CT molecular complexity index is 512. The number of nitrogens with zero attached hydrogens (tertiary/aromatic N) is 3. The van der Waals surface area contributed by atoms with Gasteiger partial charge in [-0.05, 0) is 0 Å². The third-order valence-electron chi connectivity index (χ3n) is 2.35. The van der Waals surface area contributed by atoms with Crippen molar-refractivity contribution in [1.29, 1.82) is 0 Å². The van der Waals surface area contributed by atoms with Crippen molar-refractivity contribution in [1.82, 2.24) is 14.9 Å². The molecular formula is C11H12ClN3OS2. The summed E-state index contributed by atoms with van der Waals surface area (Å²) < 4.78 is 0. The monoisotopic (exact) mass is 301 g/mol. The maximum Gasteiger partial charge on any atom is 0.229 e. The molecule has 2 heterocycles. The van der Waals surface area contributed by atoms with Crippen LogP contribution in [0.1, 0.15) is 16.4 Å². The molecule has 1 amide bonds. The maximum absolute atomic E-state index is 12.0. The Morgan fingerprint density at radius 3 is 2.89 bits per heavy atom. The summed E-state index contributed by atoms with van der Waals surface area (Å²) in [5, 5.41) is 4.63. The normalized spacial score (nSPS) is 10.6. The highest BCUT2D eigenvalue weighted by atomic mass is 35.5. The third kappa shape index (κ3) is 3.51. The molecule has 0 aliphatic rings. The number of hydrogen-bond donors (Lipinski definition) is 0. The first kappa shape index (κ1) is 13.5. The fourth-order valence-electron chi connectivity index (χ4n) is 1.40. The van der Waals surface area contributed by atoms with Gasteiger partial charge in [0.15, 0.2) is 0 Å². The fourth-order valence-corrected chi connectivity index (χ4v) is 2.97. The average molecular weight is 302 g/mol. The number of alkyl halides is 1. The Balaban J connectivity index is 1.90. The molecule has 18 heavy (non-hydrogen) atoms. The largest absolute Gasteiger partial charge is 0.339 e. The summed E-state index contributed by atoms with van der Waals surface area (Å²) in [5.74, 6) is 0.428. The Labute approximate surface area is 118 Å². The molecule has 0 radical (unpaired) electrons. The second-order valence-electron chi connectivity index (χ2n) is 3.77. The Kier molecular flexibility index (Phi) is 4.68. The number of carbonyl (C=O) groups excluding carboxylic acids is 1. The van der Waals surface area contributed by atoms with Crippen LogP contribution in [0.3, 0.4) is 0 Å². The van der Waals surface area contributed by atoms with E-state index >= 15 is 0 Å². The molecular weight excluding hydrogens is 290 g/mol. The van der Waals surface area contributed by atoms with E-state index in [0.29, 0.717) is 18.8 Å². The van der Waals surface area contributed by atoms with E-state index in [1.807, 2.05) is 10.8 Å². The zero-order valence-corrected chi connectivity index (χ0v) is 12.2. The minimum Gasteiger partial charge on any atom is -0.339 e. The fraction of sp³-hybridized carbons (Fsp3) is 0.364. The minimum atomic E-state index is 0.0403. The molecule has 7 heteroatoms. The van der Waals surface area contributed by atoms with E-state index in [1.54, 1.807) is 17.5 Å². The highest BCUT2D eigenvalue weighted by Crippen LogP contribution is 2.13. The van der Waals surface area contributed by atoms with Gasteiger partial charge in [0.05, 0.1) is 35.7 Å². The van der Waals surface area contributed by atoms with Crippen molar-refractivity contribution in [3.05, 3.63) is 32.7 Å². The molecule has 2 aromatic rings. The molecule has 0 bridgehead atoms. The van der Waals surface area contributed by atoms with Gasteiger partial charge in [-0.25, -0.2) is 9.97 Å². The van der Waals surface area contributed by atoms with Crippen LogP contribution in [0.5, 0.6) is 0 Å². The van der Waals surface area contributed by atoms with Gasteiger partial charge in [-0.2, -0.15) is 0 Å². The average Bonchev–Trinajstić information content (AvgIpc) is 3.00. The number of aromatic nitrogens is 2. The number of halogens is 1. The van der Waals surface area contributed by atoms with Crippen LogP contribution in [-0.4, -0.2) is 27.8 Å². The van der Waals surface area contributed by atoms with Crippen molar-refractivity contribution in [2.45, 2.75) is 18.8 Å². The van der Waals surface area contributed by atoms with Gasteiger partial charge in [-0.3, -0.25) is 4.79 Å². The first-order valence-electron chi connectivity index (χ1n) is 5.29. The van der Waals surface area contributed by atoms with Gasteiger partial charge in [0.25, 0.3) is 0 Å². The molecule has 0 spiro atoms. The van der Waals surface area contributed by atoms with Crippen molar-refractivity contribution in [3.8, 4) is 0 Å². The molecule has 0 unspecified atom stereocenters. The Morgan fingerprint density at radius 1 is 1.44 bits per heavy atom. The SMILES string of the molecule is CN(Cc1cscn1)C(=O)Cc1nc(CCl)cs1. The van der Waals surface area contributed by atoms with E-state index in [1.165, 1.54) is 22.7 Å². The topological polar surface area (TPSA) is 46.1 Å². The van der Waals surface area contributed by atoms with Crippen molar-refractivity contribution in [2.75, 3.05) is 7.05 Å². The summed E-state index contributed by atoms with van der Waals surface area (Å²) in [4.78, 5) is 22.1. The Hall–Kier alpha value is -0.980. The maximum atomic E-state index is 12.0. The summed E-state index contributed by atoms with van der Waals surface area (Å²) in [6, 6.07) is 0. The third-order valence-corrected chi connectivity index (χ3v) is 4.15. The lowest BCUT2D eigenvalue weighted by atomic mass is 10.3. The predicted octanol–water partition coefficient (Wildman–Crippen LogP) is 2.54. The molecule has 0 saturated heterocycles. The van der Waals surface area contributed by atoms with Crippen LogP contribution in [-0.2, 0) is 23.6 Å². The summed E-state index contributed by atoms with van der Waals surface area (Å²) in [7, 11) is 1.78. The van der Waals surface area contributed by atoms with Crippen molar-refractivity contribution >= 4 is 40.2 Å². The van der Waals surface area contributed by atoms with Crippen LogP contribution in [0.4, 0.5) is 0 Å². The number of likely N-dealkylation sites (N-methyl/N-ethyl adjacent to an activating group) is 1. The highest BCUT2D eigenvalue weighted by Gasteiger charge is 2.13. The molecule has 0 fully saturated rings. The van der Waals surface area contributed by atoms with Crippen molar-refractivity contribution < 1.29 is 4.79 Å². The molecule has 2 aromatic heterocycles. The lowest BCUT2D eigenvalue weighted by Gasteiger charge is -2.14. The summed E-state index contributed by atoms with van der Waals surface area (Å²) in [6.45, 7) is 0.538. The minimum absolute atomic E-state index is 0.0403. The van der Waals surface area contributed by atoms with E-state index in [4.69, 9.17) is 11.6 Å². The van der Waals surface area contributed by atoms with Crippen LogP contribution >= 0.6 is 34.3 Å². The number of rotatable bonds is 5. The highest BCUT2D eigenvalue weighted by molar-refractivity contribution is 7.09. The summed E-state index contributed by atoms with van der Waals surface area (Å²) in [6.07, 6.45) is 0.322. The number of carbonyl (C=O) groups is 1. The van der Waals surface area contributed by atoms with Crippen molar-refractivity contribution in [3.63, 3.8) is 0 Å². The molecule has 96 valence electrons. The molecule has 4 nitrogen and oxygen atoms in total. The van der Waals surface area contributed by atoms with Gasteiger partial charge < -0.3 is 4.90 Å². The van der Waals surface area contributed by atoms with Crippen LogP contribution in [0.2, 0.25) is 0 Å². The number of amides is 1. The smallest absolute Gasteiger partial charge is 0.229 e. The van der Waals surface area contributed by atoms with Gasteiger partial charge in [0, 0.05) is 17.8 Å². The van der Waals surface area contributed by atoms with Crippen LogP contribution in [0.25, 0.3) is 0 Å². The molecule has 0 saturated carbocycles. The van der Waals surface area contributed by atoms with E-state index in [9.17, 15) is 4.79 Å². The molecule has 0 aromatic carbocycles. The number of hydrogen-bond acceptors (Lipinski definition) is 5. The van der Waals surface area contributed by atoms with E-state index in [0.717, 1.165) is 16.4 Å². The van der Waals surface area contributed by atoms with Crippen LogP contribution in [0, 0.1) is 0 Å². The van der Waals surface area contributed by atoms with Gasteiger partial charge in [0.1, 0.15) is 5.01 Å². The second-order valence-corrected chi connectivity index (χ2v) is 5.70. The summed E-state index contributed by atoms with van der Waals surface area (Å²) in [5.41, 5.74) is 3.50. The standard InChI is InChI=1S/C11H12ClN3OS2/c1-15(4-9-5-17-7-13-9)11(16)2-10-14-8(3-12)6-18-10/h5-7H,2-4H2,1H3. The lowest BCUT2D eigenvalue weighted by molar-refractivity contribution is -0.129. The second kappa shape index (κ2) is 6.26. The molecule has 0 aliphatic carbocycles. The first-order chi connectivity index (χ1) is 8.69. The summed E-state index contributed by atoms with van der Waals surface area (Å²) >= 11 is 8.68.